The number of hydrogen-bond acceptors (Lipinski definition) is 3. The Bertz CT molecular complexity index is 453. The van der Waals surface area contributed by atoms with Gasteiger partial charge in [-0.05, 0) is 17.9 Å². The van der Waals surface area contributed by atoms with E-state index in [-0.39, 0.29) is 29.3 Å². The Hall–Kier alpha value is -1.58. The molecule has 16 heavy (non-hydrogen) atoms. The first-order chi connectivity index (χ1) is 7.52. The standard InChI is InChI=1S/C12H13NO3/c1-6-7(2)12(5-10(14)13-12)4-9-8(6)3-11(15)16-9/h3-4,6-7H,5H2,1-2H3,(H,13,14). The molecule has 2 heterocycles. The van der Waals surface area contributed by atoms with Crippen molar-refractivity contribution in [3.05, 3.63) is 23.5 Å². The van der Waals surface area contributed by atoms with Gasteiger partial charge in [-0.25, -0.2) is 4.79 Å². The molecule has 1 fully saturated rings. The molecule has 1 amide bonds. The number of amides is 1. The van der Waals surface area contributed by atoms with Crippen molar-refractivity contribution in [2.45, 2.75) is 25.8 Å². The quantitative estimate of drug-likeness (QED) is 0.486. The van der Waals surface area contributed by atoms with Gasteiger partial charge in [0.1, 0.15) is 5.76 Å². The Morgan fingerprint density at radius 1 is 1.44 bits per heavy atom. The Morgan fingerprint density at radius 2 is 2.12 bits per heavy atom. The maximum absolute atomic E-state index is 11.2. The summed E-state index contributed by atoms with van der Waals surface area (Å²) in [6.07, 6.45) is 3.95. The Labute approximate surface area is 93.3 Å². The zero-order valence-electron chi connectivity index (χ0n) is 9.24. The van der Waals surface area contributed by atoms with Crippen molar-refractivity contribution in [1.82, 2.24) is 5.32 Å². The van der Waals surface area contributed by atoms with Crippen LogP contribution in [0.4, 0.5) is 0 Å². The van der Waals surface area contributed by atoms with Crippen LogP contribution in [0.3, 0.4) is 0 Å². The molecule has 0 radical (unpaired) electrons. The van der Waals surface area contributed by atoms with Crippen LogP contribution in [0, 0.1) is 11.8 Å². The Kier molecular flexibility index (Phi) is 1.66. The van der Waals surface area contributed by atoms with Crippen molar-refractivity contribution in [3.8, 4) is 0 Å². The lowest BCUT2D eigenvalue weighted by atomic mass is 9.65. The molecule has 84 valence electrons. The van der Waals surface area contributed by atoms with Crippen LogP contribution in [0.2, 0.25) is 0 Å². The zero-order valence-corrected chi connectivity index (χ0v) is 9.24. The molecule has 0 bridgehead atoms. The van der Waals surface area contributed by atoms with Crippen LogP contribution >= 0.6 is 0 Å². The van der Waals surface area contributed by atoms with E-state index in [1.54, 1.807) is 6.08 Å². The van der Waals surface area contributed by atoms with Crippen molar-refractivity contribution in [2.24, 2.45) is 11.8 Å². The van der Waals surface area contributed by atoms with Gasteiger partial charge in [-0.15, -0.1) is 0 Å². The molecule has 1 spiro atoms. The van der Waals surface area contributed by atoms with Crippen molar-refractivity contribution >= 4 is 11.9 Å². The largest absolute Gasteiger partial charge is 0.423 e. The highest BCUT2D eigenvalue weighted by Gasteiger charge is 2.52. The van der Waals surface area contributed by atoms with E-state index in [1.165, 1.54) is 0 Å². The molecule has 3 aliphatic rings. The number of β-lactam (4-membered cyclic amide) rings is 1. The topological polar surface area (TPSA) is 55.4 Å². The summed E-state index contributed by atoms with van der Waals surface area (Å²) in [6.45, 7) is 4.17. The van der Waals surface area contributed by atoms with Crippen LogP contribution in [0.1, 0.15) is 20.3 Å². The van der Waals surface area contributed by atoms with Crippen LogP contribution in [-0.2, 0) is 14.3 Å². The third kappa shape index (κ3) is 1.04. The van der Waals surface area contributed by atoms with Crippen molar-refractivity contribution in [2.75, 3.05) is 0 Å². The number of carbonyl (C=O) groups is 2. The number of nitrogens with one attached hydrogen (secondary N) is 1. The average molecular weight is 219 g/mol. The fraction of sp³-hybridized carbons (Fsp3) is 0.500. The molecule has 4 nitrogen and oxygen atoms in total. The van der Waals surface area contributed by atoms with Crippen LogP contribution in [-0.4, -0.2) is 17.4 Å². The van der Waals surface area contributed by atoms with Gasteiger partial charge in [-0.2, -0.15) is 0 Å². The lowest BCUT2D eigenvalue weighted by Gasteiger charge is -2.49. The van der Waals surface area contributed by atoms with E-state index in [2.05, 4.69) is 19.2 Å². The predicted molar refractivity (Wildman–Crippen MR) is 56.1 cm³/mol. The SMILES string of the molecule is CC1C2=CC(=O)OC2=CC2(CC(=O)N2)C1C. The van der Waals surface area contributed by atoms with E-state index in [1.807, 2.05) is 6.08 Å². The lowest BCUT2D eigenvalue weighted by molar-refractivity contribution is -0.133. The predicted octanol–water partition coefficient (Wildman–Crippen LogP) is 0.898. The summed E-state index contributed by atoms with van der Waals surface area (Å²) in [5, 5.41) is 2.93. The van der Waals surface area contributed by atoms with Gasteiger partial charge >= 0.3 is 5.97 Å². The first-order valence-corrected chi connectivity index (χ1v) is 5.49. The molecule has 1 saturated heterocycles. The second-order valence-corrected chi connectivity index (χ2v) is 4.87. The summed E-state index contributed by atoms with van der Waals surface area (Å²) in [5.41, 5.74) is 0.664. The Balaban J connectivity index is 2.05. The monoisotopic (exact) mass is 219 g/mol. The molecule has 1 N–H and O–H groups in total. The summed E-state index contributed by atoms with van der Waals surface area (Å²) in [4.78, 5) is 22.3. The molecule has 4 heteroatoms. The smallest absolute Gasteiger partial charge is 0.336 e. The molecule has 0 aromatic rings. The number of fused-ring (bicyclic) bond motifs is 1. The summed E-state index contributed by atoms with van der Waals surface area (Å²) in [5.74, 6) is 0.910. The molecule has 3 unspecified atom stereocenters. The van der Waals surface area contributed by atoms with Crippen LogP contribution < -0.4 is 5.32 Å². The highest BCUT2D eigenvalue weighted by molar-refractivity contribution is 5.90. The molecule has 0 saturated carbocycles. The molecule has 1 aliphatic carbocycles. The maximum atomic E-state index is 11.2. The minimum atomic E-state index is -0.303. The minimum Gasteiger partial charge on any atom is -0.423 e. The molecule has 3 atom stereocenters. The van der Waals surface area contributed by atoms with Gasteiger partial charge in [0, 0.05) is 11.6 Å². The fourth-order valence-electron chi connectivity index (χ4n) is 2.81. The second-order valence-electron chi connectivity index (χ2n) is 4.87. The van der Waals surface area contributed by atoms with E-state index in [0.29, 0.717) is 12.2 Å². The summed E-state index contributed by atoms with van der Waals surface area (Å²) in [7, 11) is 0. The van der Waals surface area contributed by atoms with Gasteiger partial charge in [0.05, 0.1) is 12.0 Å². The third-order valence-electron chi connectivity index (χ3n) is 4.04. The van der Waals surface area contributed by atoms with E-state index >= 15 is 0 Å². The number of carbonyl (C=O) groups excluding carboxylic acids is 2. The minimum absolute atomic E-state index is 0.0626. The van der Waals surface area contributed by atoms with Gasteiger partial charge < -0.3 is 10.1 Å². The summed E-state index contributed by atoms with van der Waals surface area (Å²) < 4.78 is 5.13. The summed E-state index contributed by atoms with van der Waals surface area (Å²) in [6, 6.07) is 0. The van der Waals surface area contributed by atoms with E-state index in [9.17, 15) is 9.59 Å². The van der Waals surface area contributed by atoms with Crippen LogP contribution in [0.25, 0.3) is 0 Å². The molecular formula is C12H13NO3. The number of hydrogen-bond donors (Lipinski definition) is 1. The van der Waals surface area contributed by atoms with Gasteiger partial charge in [0.2, 0.25) is 5.91 Å². The molecular weight excluding hydrogens is 206 g/mol. The number of rotatable bonds is 0. The number of esters is 1. The van der Waals surface area contributed by atoms with Crippen LogP contribution in [0.15, 0.2) is 23.5 Å². The van der Waals surface area contributed by atoms with E-state index < -0.39 is 0 Å². The second kappa shape index (κ2) is 2.75. The van der Waals surface area contributed by atoms with Crippen LogP contribution in [0.5, 0.6) is 0 Å². The van der Waals surface area contributed by atoms with Gasteiger partial charge in [0.25, 0.3) is 0 Å². The molecule has 0 aromatic heterocycles. The summed E-state index contributed by atoms with van der Waals surface area (Å²) >= 11 is 0. The molecule has 3 rings (SSSR count). The third-order valence-corrected chi connectivity index (χ3v) is 4.04. The van der Waals surface area contributed by atoms with Crippen molar-refractivity contribution < 1.29 is 14.3 Å². The molecule has 2 aliphatic heterocycles. The van der Waals surface area contributed by atoms with E-state index in [0.717, 1.165) is 5.57 Å². The lowest BCUT2D eigenvalue weighted by Crippen LogP contribution is -2.65. The average Bonchev–Trinajstić information content (AvgIpc) is 2.53. The highest BCUT2D eigenvalue weighted by Crippen LogP contribution is 2.46. The highest BCUT2D eigenvalue weighted by atomic mass is 16.5. The van der Waals surface area contributed by atoms with Crippen molar-refractivity contribution in [1.29, 1.82) is 0 Å². The normalized spacial score (nSPS) is 40.6. The number of allylic oxidation sites excluding steroid dienone is 1. The Morgan fingerprint density at radius 3 is 2.75 bits per heavy atom. The molecule has 0 aromatic carbocycles. The van der Waals surface area contributed by atoms with Crippen molar-refractivity contribution in [3.63, 3.8) is 0 Å². The zero-order chi connectivity index (χ0) is 11.5. The van der Waals surface area contributed by atoms with Gasteiger partial charge in [-0.1, -0.05) is 13.8 Å². The first-order valence-electron chi connectivity index (χ1n) is 5.49. The van der Waals surface area contributed by atoms with Gasteiger partial charge in [-0.3, -0.25) is 4.79 Å². The maximum Gasteiger partial charge on any atom is 0.336 e. The van der Waals surface area contributed by atoms with Gasteiger partial charge in [0.15, 0.2) is 0 Å². The first kappa shape index (κ1) is 9.63. The van der Waals surface area contributed by atoms with E-state index in [4.69, 9.17) is 4.74 Å². The number of ether oxygens (including phenoxy) is 1. The fourth-order valence-corrected chi connectivity index (χ4v) is 2.81.